The third kappa shape index (κ3) is 5.19. The van der Waals surface area contributed by atoms with Crippen molar-refractivity contribution >= 4 is 12.0 Å². The summed E-state index contributed by atoms with van der Waals surface area (Å²) in [4.78, 5) is 27.3. The Labute approximate surface area is 127 Å². The first-order valence-electron chi connectivity index (χ1n) is 8.03. The molecule has 0 aromatic heterocycles. The molecule has 21 heavy (non-hydrogen) atoms. The molecule has 2 N–H and O–H groups in total. The van der Waals surface area contributed by atoms with E-state index in [2.05, 4.69) is 31.0 Å². The van der Waals surface area contributed by atoms with Crippen molar-refractivity contribution in [1.82, 2.24) is 15.1 Å². The van der Waals surface area contributed by atoms with E-state index in [4.69, 9.17) is 0 Å². The van der Waals surface area contributed by atoms with E-state index in [1.807, 2.05) is 0 Å². The summed E-state index contributed by atoms with van der Waals surface area (Å²) in [6.45, 7) is 10.0. The van der Waals surface area contributed by atoms with Gasteiger partial charge in [0, 0.05) is 19.6 Å². The number of hydrogen-bond donors (Lipinski definition) is 2. The summed E-state index contributed by atoms with van der Waals surface area (Å²) in [5.41, 5.74) is 0. The van der Waals surface area contributed by atoms with Crippen LogP contribution >= 0.6 is 0 Å². The molecule has 1 rings (SSSR count). The van der Waals surface area contributed by atoms with Gasteiger partial charge in [-0.3, -0.25) is 0 Å². The molecular weight excluding hydrogens is 270 g/mol. The third-order valence-corrected chi connectivity index (χ3v) is 4.43. The van der Waals surface area contributed by atoms with Gasteiger partial charge >= 0.3 is 12.0 Å². The van der Waals surface area contributed by atoms with Gasteiger partial charge in [-0.2, -0.15) is 0 Å². The van der Waals surface area contributed by atoms with Crippen molar-refractivity contribution in [3.8, 4) is 0 Å². The number of rotatable bonds is 7. The van der Waals surface area contributed by atoms with Crippen LogP contribution in [0.1, 0.15) is 40.0 Å². The van der Waals surface area contributed by atoms with Gasteiger partial charge < -0.3 is 20.2 Å². The Balaban J connectivity index is 2.49. The number of carbonyl (C=O) groups is 2. The van der Waals surface area contributed by atoms with Crippen molar-refractivity contribution in [2.45, 2.75) is 46.1 Å². The van der Waals surface area contributed by atoms with E-state index in [0.29, 0.717) is 25.4 Å². The molecule has 0 aliphatic carbocycles. The topological polar surface area (TPSA) is 72.9 Å². The summed E-state index contributed by atoms with van der Waals surface area (Å²) in [6, 6.07) is -0.929. The molecule has 2 unspecified atom stereocenters. The number of likely N-dealkylation sites (tertiary alicyclic amines) is 1. The SMILES string of the molecule is CCC1CCN(C(=O)NCCN(CC)CC)C(C(=O)O)C1. The minimum atomic E-state index is -0.896. The number of hydrogen-bond acceptors (Lipinski definition) is 3. The van der Waals surface area contributed by atoms with Crippen LogP contribution in [0.25, 0.3) is 0 Å². The standard InChI is InChI=1S/C15H29N3O3/c1-4-12-7-9-18(13(11-12)14(19)20)15(21)16-8-10-17(5-2)6-3/h12-13H,4-11H2,1-3H3,(H,16,21)(H,19,20). The molecule has 122 valence electrons. The molecule has 2 atom stereocenters. The Morgan fingerprint density at radius 2 is 1.95 bits per heavy atom. The molecule has 0 spiro atoms. The smallest absolute Gasteiger partial charge is 0.326 e. The average Bonchev–Trinajstić information content (AvgIpc) is 2.50. The first kappa shape index (κ1) is 17.8. The highest BCUT2D eigenvalue weighted by molar-refractivity contribution is 5.82. The van der Waals surface area contributed by atoms with Crippen molar-refractivity contribution in [2.24, 2.45) is 5.92 Å². The fourth-order valence-electron chi connectivity index (χ4n) is 2.85. The summed E-state index contributed by atoms with van der Waals surface area (Å²) >= 11 is 0. The van der Waals surface area contributed by atoms with E-state index >= 15 is 0 Å². The fraction of sp³-hybridized carbons (Fsp3) is 0.867. The minimum Gasteiger partial charge on any atom is -0.480 e. The van der Waals surface area contributed by atoms with E-state index in [9.17, 15) is 14.7 Å². The molecule has 0 saturated carbocycles. The van der Waals surface area contributed by atoms with E-state index in [1.165, 1.54) is 4.90 Å². The Morgan fingerprint density at radius 3 is 2.48 bits per heavy atom. The number of piperidine rings is 1. The Hall–Kier alpha value is -1.30. The number of carboxylic acids is 1. The number of carboxylic acid groups (broad SMARTS) is 1. The van der Waals surface area contributed by atoms with Crippen LogP contribution in [0.2, 0.25) is 0 Å². The van der Waals surface area contributed by atoms with Crippen LogP contribution in [0.5, 0.6) is 0 Å². The molecule has 6 nitrogen and oxygen atoms in total. The molecule has 1 saturated heterocycles. The van der Waals surface area contributed by atoms with E-state index < -0.39 is 12.0 Å². The molecule has 1 aliphatic rings. The summed E-state index contributed by atoms with van der Waals surface area (Å²) in [5.74, 6) is -0.488. The predicted molar refractivity (Wildman–Crippen MR) is 82.3 cm³/mol. The van der Waals surface area contributed by atoms with Crippen molar-refractivity contribution in [1.29, 1.82) is 0 Å². The average molecular weight is 299 g/mol. The maximum Gasteiger partial charge on any atom is 0.326 e. The first-order valence-corrected chi connectivity index (χ1v) is 8.03. The summed E-state index contributed by atoms with van der Waals surface area (Å²) in [7, 11) is 0. The molecule has 0 radical (unpaired) electrons. The van der Waals surface area contributed by atoms with Gasteiger partial charge in [0.1, 0.15) is 6.04 Å². The van der Waals surface area contributed by atoms with Gasteiger partial charge in [0.25, 0.3) is 0 Å². The van der Waals surface area contributed by atoms with Crippen molar-refractivity contribution in [2.75, 3.05) is 32.7 Å². The van der Waals surface area contributed by atoms with Crippen LogP contribution in [-0.2, 0) is 4.79 Å². The van der Waals surface area contributed by atoms with Crippen molar-refractivity contribution < 1.29 is 14.7 Å². The first-order chi connectivity index (χ1) is 10.0. The van der Waals surface area contributed by atoms with E-state index in [0.717, 1.165) is 32.5 Å². The molecule has 6 heteroatoms. The fourth-order valence-corrected chi connectivity index (χ4v) is 2.85. The van der Waals surface area contributed by atoms with Gasteiger partial charge in [-0.25, -0.2) is 9.59 Å². The lowest BCUT2D eigenvalue weighted by Crippen LogP contribution is -2.54. The highest BCUT2D eigenvalue weighted by Crippen LogP contribution is 2.25. The van der Waals surface area contributed by atoms with Crippen molar-refractivity contribution in [3.63, 3.8) is 0 Å². The Kier molecular flexibility index (Phi) is 7.50. The molecule has 0 aromatic rings. The number of aliphatic carboxylic acids is 1. The van der Waals surface area contributed by atoms with Gasteiger partial charge in [-0.05, 0) is 31.8 Å². The lowest BCUT2D eigenvalue weighted by molar-refractivity contribution is -0.144. The van der Waals surface area contributed by atoms with Crippen LogP contribution in [-0.4, -0.2) is 65.7 Å². The second-order valence-corrected chi connectivity index (χ2v) is 5.60. The lowest BCUT2D eigenvalue weighted by Gasteiger charge is -2.37. The largest absolute Gasteiger partial charge is 0.480 e. The number of amides is 2. The number of nitrogens with zero attached hydrogens (tertiary/aromatic N) is 2. The van der Waals surface area contributed by atoms with Crippen molar-refractivity contribution in [3.05, 3.63) is 0 Å². The molecule has 1 fully saturated rings. The van der Waals surface area contributed by atoms with Gasteiger partial charge in [0.2, 0.25) is 0 Å². The Bertz CT molecular complexity index is 345. The van der Waals surface area contributed by atoms with E-state index in [1.54, 1.807) is 0 Å². The summed E-state index contributed by atoms with van der Waals surface area (Å²) in [6.07, 6.45) is 2.43. The summed E-state index contributed by atoms with van der Waals surface area (Å²) in [5, 5.41) is 12.2. The summed E-state index contributed by atoms with van der Waals surface area (Å²) < 4.78 is 0. The lowest BCUT2D eigenvalue weighted by atomic mass is 9.89. The normalized spacial score (nSPS) is 22.4. The van der Waals surface area contributed by atoms with Crippen LogP contribution in [0, 0.1) is 5.92 Å². The maximum absolute atomic E-state index is 12.2. The highest BCUT2D eigenvalue weighted by Gasteiger charge is 2.35. The molecule has 0 aromatic carbocycles. The number of urea groups is 1. The third-order valence-electron chi connectivity index (χ3n) is 4.43. The molecule has 1 aliphatic heterocycles. The molecule has 2 amide bonds. The van der Waals surface area contributed by atoms with Crippen LogP contribution < -0.4 is 5.32 Å². The predicted octanol–water partition coefficient (Wildman–Crippen LogP) is 1.61. The number of carbonyl (C=O) groups excluding carboxylic acids is 1. The monoisotopic (exact) mass is 299 g/mol. The molecule has 1 heterocycles. The second kappa shape index (κ2) is 8.87. The van der Waals surface area contributed by atoms with Gasteiger partial charge in [-0.15, -0.1) is 0 Å². The highest BCUT2D eigenvalue weighted by atomic mass is 16.4. The minimum absolute atomic E-state index is 0.246. The van der Waals surface area contributed by atoms with Gasteiger partial charge in [-0.1, -0.05) is 27.2 Å². The molecular formula is C15H29N3O3. The van der Waals surface area contributed by atoms with Crippen LogP contribution in [0.15, 0.2) is 0 Å². The zero-order valence-electron chi connectivity index (χ0n) is 13.5. The number of nitrogens with one attached hydrogen (secondary N) is 1. The quantitative estimate of drug-likeness (QED) is 0.749. The van der Waals surface area contributed by atoms with Gasteiger partial charge in [0.15, 0.2) is 0 Å². The second-order valence-electron chi connectivity index (χ2n) is 5.60. The van der Waals surface area contributed by atoms with Gasteiger partial charge in [0.05, 0.1) is 0 Å². The number of likely N-dealkylation sites (N-methyl/N-ethyl adjacent to an activating group) is 1. The maximum atomic E-state index is 12.2. The zero-order chi connectivity index (χ0) is 15.8. The van der Waals surface area contributed by atoms with E-state index in [-0.39, 0.29) is 6.03 Å². The van der Waals surface area contributed by atoms with Crippen LogP contribution in [0.4, 0.5) is 4.79 Å². The Morgan fingerprint density at radius 1 is 1.29 bits per heavy atom. The zero-order valence-corrected chi connectivity index (χ0v) is 13.5. The molecule has 0 bridgehead atoms. The van der Waals surface area contributed by atoms with Crippen LogP contribution in [0.3, 0.4) is 0 Å².